The predicted molar refractivity (Wildman–Crippen MR) is 47.9 cm³/mol. The average molecular weight is 179 g/mol. The molecule has 4 rings (SSSR count). The zero-order valence-electron chi connectivity index (χ0n) is 7.70. The Bertz CT molecular complexity index is 222. The van der Waals surface area contributed by atoms with Gasteiger partial charge in [-0.3, -0.25) is 4.79 Å². The average Bonchev–Trinajstić information content (AvgIpc) is 2.00. The first-order valence-corrected chi connectivity index (χ1v) is 5.26. The molecule has 13 heavy (non-hydrogen) atoms. The van der Waals surface area contributed by atoms with E-state index in [1.54, 1.807) is 0 Å². The second-order valence-electron chi connectivity index (χ2n) is 5.25. The van der Waals surface area contributed by atoms with E-state index in [2.05, 4.69) is 6.42 Å². The van der Waals surface area contributed by atoms with Gasteiger partial charge in [-0.15, -0.1) is 0 Å². The van der Waals surface area contributed by atoms with Crippen LogP contribution in [0.2, 0.25) is 0 Å². The lowest BCUT2D eigenvalue weighted by atomic mass is 9.49. The van der Waals surface area contributed by atoms with E-state index in [9.17, 15) is 9.90 Å². The summed E-state index contributed by atoms with van der Waals surface area (Å²) in [6.45, 7) is 0. The highest BCUT2D eigenvalue weighted by molar-refractivity contribution is 5.75. The van der Waals surface area contributed by atoms with E-state index < -0.39 is 5.97 Å². The van der Waals surface area contributed by atoms with Crippen LogP contribution < -0.4 is 0 Å². The van der Waals surface area contributed by atoms with Gasteiger partial charge in [-0.2, -0.15) is 0 Å². The topological polar surface area (TPSA) is 37.3 Å². The number of carboxylic acid groups (broad SMARTS) is 1. The van der Waals surface area contributed by atoms with Crippen LogP contribution in [0.4, 0.5) is 0 Å². The lowest BCUT2D eigenvalue weighted by molar-refractivity contribution is -0.161. The fourth-order valence-electron chi connectivity index (χ4n) is 4.03. The van der Waals surface area contributed by atoms with Crippen molar-refractivity contribution in [3.8, 4) is 0 Å². The normalized spacial score (nSPS) is 52.5. The Morgan fingerprint density at radius 3 is 2.31 bits per heavy atom. The van der Waals surface area contributed by atoms with Crippen molar-refractivity contribution < 1.29 is 9.90 Å². The van der Waals surface area contributed by atoms with Gasteiger partial charge in [0.2, 0.25) is 0 Å². The molecule has 0 aromatic heterocycles. The number of carbonyl (C=O) groups is 1. The molecule has 71 valence electrons. The molecule has 4 saturated carbocycles. The highest BCUT2D eigenvalue weighted by Crippen LogP contribution is 2.59. The molecule has 2 unspecified atom stereocenters. The van der Waals surface area contributed by atoms with Crippen molar-refractivity contribution in [3.63, 3.8) is 0 Å². The lowest BCUT2D eigenvalue weighted by Crippen LogP contribution is -2.50. The molecular formula is C11H15O2. The van der Waals surface area contributed by atoms with Crippen LogP contribution in [0.25, 0.3) is 0 Å². The van der Waals surface area contributed by atoms with Crippen molar-refractivity contribution in [1.82, 2.24) is 0 Å². The maximum Gasteiger partial charge on any atom is 0.309 e. The summed E-state index contributed by atoms with van der Waals surface area (Å²) in [5.41, 5.74) is -0.314. The van der Waals surface area contributed by atoms with Crippen molar-refractivity contribution in [2.45, 2.75) is 32.1 Å². The molecule has 4 aliphatic rings. The molecule has 0 amide bonds. The summed E-state index contributed by atoms with van der Waals surface area (Å²) in [5, 5.41) is 9.26. The van der Waals surface area contributed by atoms with Gasteiger partial charge in [-0.25, -0.2) is 0 Å². The summed E-state index contributed by atoms with van der Waals surface area (Å²) in [6.07, 6.45) is 7.78. The molecule has 4 aliphatic carbocycles. The zero-order valence-corrected chi connectivity index (χ0v) is 7.70. The highest BCUT2D eigenvalue weighted by Gasteiger charge is 2.54. The molecule has 4 bridgehead atoms. The van der Waals surface area contributed by atoms with Gasteiger partial charge in [0.25, 0.3) is 0 Å². The molecule has 2 heteroatoms. The van der Waals surface area contributed by atoms with Gasteiger partial charge >= 0.3 is 5.97 Å². The molecule has 0 heterocycles. The molecule has 2 atom stereocenters. The molecule has 0 aromatic carbocycles. The molecule has 0 aliphatic heterocycles. The molecular weight excluding hydrogens is 164 g/mol. The first-order valence-electron chi connectivity index (χ1n) is 5.26. The van der Waals surface area contributed by atoms with Gasteiger partial charge in [0.15, 0.2) is 0 Å². The second-order valence-corrected chi connectivity index (χ2v) is 5.25. The minimum absolute atomic E-state index is 0.314. The summed E-state index contributed by atoms with van der Waals surface area (Å²) in [7, 11) is 0. The molecule has 2 nitrogen and oxygen atoms in total. The standard InChI is InChI=1S/C11H15O2/c12-10(13)11-4-7-1-8(5-11)3-9(2-7)6-11/h1,7-9H,2-6H2,(H,12,13). The molecule has 0 spiro atoms. The molecule has 1 N–H and O–H groups in total. The van der Waals surface area contributed by atoms with E-state index in [-0.39, 0.29) is 5.41 Å². The third-order valence-corrected chi connectivity index (χ3v) is 4.26. The third kappa shape index (κ3) is 0.976. The Kier molecular flexibility index (Phi) is 1.38. The Labute approximate surface area is 78.3 Å². The Morgan fingerprint density at radius 1 is 1.23 bits per heavy atom. The van der Waals surface area contributed by atoms with Crippen molar-refractivity contribution in [1.29, 1.82) is 0 Å². The van der Waals surface area contributed by atoms with Gasteiger partial charge in [0.1, 0.15) is 0 Å². The van der Waals surface area contributed by atoms with Crippen LogP contribution in [-0.2, 0) is 4.79 Å². The smallest absolute Gasteiger partial charge is 0.309 e. The van der Waals surface area contributed by atoms with E-state index in [0.29, 0.717) is 11.8 Å². The molecule has 1 radical (unpaired) electrons. The molecule has 0 aromatic rings. The van der Waals surface area contributed by atoms with Crippen molar-refractivity contribution in [2.24, 2.45) is 23.2 Å². The van der Waals surface area contributed by atoms with E-state index >= 15 is 0 Å². The second kappa shape index (κ2) is 2.28. The third-order valence-electron chi connectivity index (χ3n) is 4.26. The van der Waals surface area contributed by atoms with Gasteiger partial charge in [0, 0.05) is 0 Å². The highest BCUT2D eigenvalue weighted by atomic mass is 16.4. The van der Waals surface area contributed by atoms with Gasteiger partial charge in [-0.05, 0) is 56.3 Å². The monoisotopic (exact) mass is 179 g/mol. The van der Waals surface area contributed by atoms with Gasteiger partial charge < -0.3 is 5.11 Å². The van der Waals surface area contributed by atoms with Gasteiger partial charge in [0.05, 0.1) is 5.41 Å². The Hall–Kier alpha value is -0.530. The van der Waals surface area contributed by atoms with Crippen LogP contribution in [0.5, 0.6) is 0 Å². The summed E-state index contributed by atoms with van der Waals surface area (Å²) in [6, 6.07) is 0. The van der Waals surface area contributed by atoms with E-state index in [4.69, 9.17) is 0 Å². The van der Waals surface area contributed by atoms with Crippen LogP contribution in [0, 0.1) is 29.6 Å². The summed E-state index contributed by atoms with van der Waals surface area (Å²) >= 11 is 0. The van der Waals surface area contributed by atoms with Crippen molar-refractivity contribution in [2.75, 3.05) is 0 Å². The van der Waals surface area contributed by atoms with Crippen LogP contribution in [0.15, 0.2) is 0 Å². The maximum absolute atomic E-state index is 11.2. The predicted octanol–water partition coefficient (Wildman–Crippen LogP) is 2.10. The quantitative estimate of drug-likeness (QED) is 0.669. The number of hydrogen-bond donors (Lipinski definition) is 1. The van der Waals surface area contributed by atoms with Crippen molar-refractivity contribution >= 4 is 5.97 Å². The lowest BCUT2D eigenvalue weighted by Gasteiger charge is -2.54. The van der Waals surface area contributed by atoms with Crippen molar-refractivity contribution in [3.05, 3.63) is 6.42 Å². The van der Waals surface area contributed by atoms with Crippen LogP contribution >= 0.6 is 0 Å². The largest absolute Gasteiger partial charge is 0.481 e. The Morgan fingerprint density at radius 2 is 1.85 bits per heavy atom. The van der Waals surface area contributed by atoms with Crippen LogP contribution in [0.1, 0.15) is 32.1 Å². The first kappa shape index (κ1) is 7.84. The summed E-state index contributed by atoms with van der Waals surface area (Å²) in [5.74, 6) is 1.45. The van der Waals surface area contributed by atoms with E-state index in [1.165, 1.54) is 12.8 Å². The number of hydrogen-bond acceptors (Lipinski definition) is 1. The fourth-order valence-corrected chi connectivity index (χ4v) is 4.03. The van der Waals surface area contributed by atoms with E-state index in [0.717, 1.165) is 25.2 Å². The van der Waals surface area contributed by atoms with E-state index in [1.807, 2.05) is 0 Å². The van der Waals surface area contributed by atoms with Crippen LogP contribution in [0.3, 0.4) is 0 Å². The van der Waals surface area contributed by atoms with Crippen LogP contribution in [-0.4, -0.2) is 11.1 Å². The fraction of sp³-hybridized carbons (Fsp3) is 0.818. The Balaban J connectivity index is 1.95. The maximum atomic E-state index is 11.2. The first-order chi connectivity index (χ1) is 6.18. The SMILES string of the molecule is O=C(O)C12CC3[CH]C(CC(C3)C1)C2. The number of carboxylic acids is 1. The number of rotatable bonds is 1. The minimum atomic E-state index is -0.528. The zero-order chi connectivity index (χ0) is 9.05. The molecule has 4 fully saturated rings. The molecule has 0 saturated heterocycles. The van der Waals surface area contributed by atoms with Gasteiger partial charge in [-0.1, -0.05) is 0 Å². The summed E-state index contributed by atoms with van der Waals surface area (Å²) in [4.78, 5) is 11.2. The minimum Gasteiger partial charge on any atom is -0.481 e. The summed E-state index contributed by atoms with van der Waals surface area (Å²) < 4.78 is 0. The number of aliphatic carboxylic acids is 1.